The van der Waals surface area contributed by atoms with Crippen LogP contribution in [0.1, 0.15) is 25.3 Å². The van der Waals surface area contributed by atoms with E-state index in [4.69, 9.17) is 5.26 Å². The van der Waals surface area contributed by atoms with E-state index in [2.05, 4.69) is 10.6 Å². The molecule has 0 aliphatic carbocycles. The molecule has 0 fully saturated rings. The van der Waals surface area contributed by atoms with E-state index in [0.717, 1.165) is 5.56 Å². The van der Waals surface area contributed by atoms with Crippen molar-refractivity contribution in [2.45, 2.75) is 26.7 Å². The Kier molecular flexibility index (Phi) is 4.88. The van der Waals surface area contributed by atoms with Gasteiger partial charge in [-0.25, -0.2) is 0 Å². The Hall–Kier alpha value is -2.35. The van der Waals surface area contributed by atoms with Gasteiger partial charge in [0, 0.05) is 6.42 Å². The van der Waals surface area contributed by atoms with Gasteiger partial charge in [0.25, 0.3) is 0 Å². The molecule has 0 aliphatic rings. The van der Waals surface area contributed by atoms with Crippen molar-refractivity contribution < 1.29 is 9.59 Å². The van der Waals surface area contributed by atoms with Crippen molar-refractivity contribution >= 4 is 23.2 Å². The fourth-order valence-corrected chi connectivity index (χ4v) is 1.38. The second kappa shape index (κ2) is 6.40. The standard InChI is InChI=1S/C13H15N3O2/c1-3-12(17)15-10-5-4-9(2)8-11(10)16-13(18)6-7-14/h4-5,8H,3,6H2,1-2H3,(H,15,17)(H,16,18). The summed E-state index contributed by atoms with van der Waals surface area (Å²) < 4.78 is 0. The van der Waals surface area contributed by atoms with Crippen LogP contribution in [0.3, 0.4) is 0 Å². The summed E-state index contributed by atoms with van der Waals surface area (Å²) in [4.78, 5) is 22.7. The number of aryl methyl sites for hydroxylation is 1. The molecule has 0 unspecified atom stereocenters. The normalized spacial score (nSPS) is 9.39. The van der Waals surface area contributed by atoms with E-state index >= 15 is 0 Å². The second-order valence-corrected chi connectivity index (χ2v) is 3.83. The first-order valence-corrected chi connectivity index (χ1v) is 5.64. The van der Waals surface area contributed by atoms with Crippen LogP contribution in [0.5, 0.6) is 0 Å². The molecule has 94 valence electrons. The van der Waals surface area contributed by atoms with E-state index in [-0.39, 0.29) is 12.3 Å². The zero-order valence-corrected chi connectivity index (χ0v) is 10.4. The Labute approximate surface area is 106 Å². The number of amides is 2. The number of hydrogen-bond acceptors (Lipinski definition) is 3. The van der Waals surface area contributed by atoms with Crippen molar-refractivity contribution in [1.82, 2.24) is 0 Å². The predicted octanol–water partition coefficient (Wildman–Crippen LogP) is 2.20. The van der Waals surface area contributed by atoms with Crippen LogP contribution in [-0.4, -0.2) is 11.8 Å². The van der Waals surface area contributed by atoms with Crippen LogP contribution < -0.4 is 10.6 Å². The molecule has 0 saturated carbocycles. The Morgan fingerprint density at radius 3 is 2.50 bits per heavy atom. The molecule has 1 aromatic carbocycles. The molecule has 0 radical (unpaired) electrons. The molecule has 5 heteroatoms. The van der Waals surface area contributed by atoms with Gasteiger partial charge in [-0.2, -0.15) is 5.26 Å². The first kappa shape index (κ1) is 13.7. The molecule has 2 N–H and O–H groups in total. The monoisotopic (exact) mass is 245 g/mol. The molecule has 5 nitrogen and oxygen atoms in total. The summed E-state index contributed by atoms with van der Waals surface area (Å²) in [5.74, 6) is -0.523. The molecular weight excluding hydrogens is 230 g/mol. The molecular formula is C13H15N3O2. The highest BCUT2D eigenvalue weighted by Gasteiger charge is 2.08. The van der Waals surface area contributed by atoms with Gasteiger partial charge in [0.05, 0.1) is 17.4 Å². The van der Waals surface area contributed by atoms with E-state index < -0.39 is 5.91 Å². The largest absolute Gasteiger partial charge is 0.324 e. The van der Waals surface area contributed by atoms with Gasteiger partial charge in [-0.1, -0.05) is 13.0 Å². The van der Waals surface area contributed by atoms with Crippen LogP contribution in [-0.2, 0) is 9.59 Å². The Bertz CT molecular complexity index is 503. The number of nitriles is 1. The minimum atomic E-state index is -0.393. The first-order chi connectivity index (χ1) is 8.56. The SMILES string of the molecule is CCC(=O)Nc1ccc(C)cc1NC(=O)CC#N. The predicted molar refractivity (Wildman–Crippen MR) is 69.0 cm³/mol. The van der Waals surface area contributed by atoms with Crippen LogP contribution in [0.2, 0.25) is 0 Å². The van der Waals surface area contributed by atoms with Crippen molar-refractivity contribution in [3.8, 4) is 6.07 Å². The van der Waals surface area contributed by atoms with Crippen molar-refractivity contribution in [2.75, 3.05) is 10.6 Å². The van der Waals surface area contributed by atoms with E-state index in [1.165, 1.54) is 0 Å². The van der Waals surface area contributed by atoms with Crippen LogP contribution in [0.25, 0.3) is 0 Å². The van der Waals surface area contributed by atoms with Gasteiger partial charge >= 0.3 is 0 Å². The summed E-state index contributed by atoms with van der Waals surface area (Å²) in [5.41, 5.74) is 2.01. The van der Waals surface area contributed by atoms with Gasteiger partial charge in [-0.3, -0.25) is 9.59 Å². The van der Waals surface area contributed by atoms with Crippen molar-refractivity contribution in [3.63, 3.8) is 0 Å². The smallest absolute Gasteiger partial charge is 0.238 e. The van der Waals surface area contributed by atoms with Gasteiger partial charge in [0.2, 0.25) is 11.8 Å². The van der Waals surface area contributed by atoms with Crippen LogP contribution >= 0.6 is 0 Å². The summed E-state index contributed by atoms with van der Waals surface area (Å²) >= 11 is 0. The second-order valence-electron chi connectivity index (χ2n) is 3.83. The van der Waals surface area contributed by atoms with Gasteiger partial charge < -0.3 is 10.6 Å². The van der Waals surface area contributed by atoms with Crippen molar-refractivity contribution in [3.05, 3.63) is 23.8 Å². The number of rotatable bonds is 4. The number of nitrogens with zero attached hydrogens (tertiary/aromatic N) is 1. The molecule has 0 spiro atoms. The number of anilines is 2. The summed E-state index contributed by atoms with van der Waals surface area (Å²) in [6, 6.07) is 7.09. The van der Waals surface area contributed by atoms with Crippen LogP contribution in [0.15, 0.2) is 18.2 Å². The molecule has 18 heavy (non-hydrogen) atoms. The third kappa shape index (κ3) is 3.91. The van der Waals surface area contributed by atoms with Crippen molar-refractivity contribution in [2.24, 2.45) is 0 Å². The zero-order valence-electron chi connectivity index (χ0n) is 10.4. The third-order valence-corrected chi connectivity index (χ3v) is 2.28. The van der Waals surface area contributed by atoms with Crippen molar-refractivity contribution in [1.29, 1.82) is 5.26 Å². The maximum atomic E-state index is 11.4. The van der Waals surface area contributed by atoms with Crippen LogP contribution in [0, 0.1) is 18.3 Å². The lowest BCUT2D eigenvalue weighted by molar-refractivity contribution is -0.116. The van der Waals surface area contributed by atoms with Gasteiger partial charge in [-0.05, 0) is 24.6 Å². The zero-order chi connectivity index (χ0) is 13.5. The first-order valence-electron chi connectivity index (χ1n) is 5.64. The maximum Gasteiger partial charge on any atom is 0.238 e. The van der Waals surface area contributed by atoms with Gasteiger partial charge in [-0.15, -0.1) is 0 Å². The quantitative estimate of drug-likeness (QED) is 0.853. The highest BCUT2D eigenvalue weighted by Crippen LogP contribution is 2.23. The number of nitrogens with one attached hydrogen (secondary N) is 2. The molecule has 0 aromatic heterocycles. The Balaban J connectivity index is 2.93. The minimum absolute atomic E-state index is 0.130. The molecule has 0 aliphatic heterocycles. The third-order valence-electron chi connectivity index (χ3n) is 2.28. The van der Waals surface area contributed by atoms with Crippen LogP contribution in [0.4, 0.5) is 11.4 Å². The van der Waals surface area contributed by atoms with E-state index in [1.54, 1.807) is 25.1 Å². The molecule has 0 saturated heterocycles. The molecule has 0 heterocycles. The lowest BCUT2D eigenvalue weighted by Gasteiger charge is -2.12. The minimum Gasteiger partial charge on any atom is -0.324 e. The van der Waals surface area contributed by atoms with Gasteiger partial charge in [0.1, 0.15) is 6.42 Å². The lowest BCUT2D eigenvalue weighted by atomic mass is 10.2. The maximum absolute atomic E-state index is 11.4. The fourth-order valence-electron chi connectivity index (χ4n) is 1.38. The molecule has 0 atom stereocenters. The highest BCUT2D eigenvalue weighted by atomic mass is 16.2. The molecule has 1 aromatic rings. The van der Waals surface area contributed by atoms with Gasteiger partial charge in [0.15, 0.2) is 0 Å². The molecule has 0 bridgehead atoms. The average molecular weight is 245 g/mol. The Morgan fingerprint density at radius 2 is 1.89 bits per heavy atom. The average Bonchev–Trinajstić information content (AvgIpc) is 2.32. The summed E-state index contributed by atoms with van der Waals surface area (Å²) in [7, 11) is 0. The number of carbonyl (C=O) groups excluding carboxylic acids is 2. The summed E-state index contributed by atoms with van der Waals surface area (Å²) in [5, 5.41) is 13.7. The molecule has 1 rings (SSSR count). The number of carbonyl (C=O) groups is 2. The summed E-state index contributed by atoms with van der Waals surface area (Å²) in [6.07, 6.45) is 0.147. The van der Waals surface area contributed by atoms with E-state index in [0.29, 0.717) is 17.8 Å². The van der Waals surface area contributed by atoms with E-state index in [1.807, 2.05) is 13.0 Å². The number of benzene rings is 1. The molecule has 2 amide bonds. The van der Waals surface area contributed by atoms with E-state index in [9.17, 15) is 9.59 Å². The topological polar surface area (TPSA) is 82.0 Å². The summed E-state index contributed by atoms with van der Waals surface area (Å²) in [6.45, 7) is 3.63. The number of hydrogen-bond donors (Lipinski definition) is 2. The Morgan fingerprint density at radius 1 is 1.22 bits per heavy atom. The highest BCUT2D eigenvalue weighted by molar-refractivity contribution is 6.00. The lowest BCUT2D eigenvalue weighted by Crippen LogP contribution is -2.15. The fraction of sp³-hybridized carbons (Fsp3) is 0.308.